The number of hydrogen-bond donors (Lipinski definition) is 0. The van der Waals surface area contributed by atoms with Crippen LogP contribution in [0.25, 0.3) is 0 Å². The lowest BCUT2D eigenvalue weighted by Gasteiger charge is -2.30. The molecule has 0 spiro atoms. The largest absolute Gasteiger partial charge is 0.416 e. The molecule has 9 nitrogen and oxygen atoms in total. The standard InChI is InChI=1S/C29H34F6N8O/c1-3-41(16-19-7-4-5-8-19)26-21(13-24(15-36-26)43-10-6-9-25(43)44)18-42(27-37-39-40(2)38-27)17-20-11-22(28(30,31)32)14-23(12-20)29(33,34)35/h11-15,19H,3-10,16-18H2,1-2H3. The van der Waals surface area contributed by atoms with Gasteiger partial charge in [-0.25, -0.2) is 4.98 Å². The van der Waals surface area contributed by atoms with E-state index in [9.17, 15) is 31.1 Å². The second-order valence-electron chi connectivity index (χ2n) is 11.4. The fraction of sp³-hybridized carbons (Fsp3) is 0.552. The molecule has 1 saturated carbocycles. The van der Waals surface area contributed by atoms with E-state index >= 15 is 0 Å². The van der Waals surface area contributed by atoms with Crippen LogP contribution in [0.2, 0.25) is 0 Å². The lowest BCUT2D eigenvalue weighted by atomic mass is 10.0. The number of benzene rings is 1. The van der Waals surface area contributed by atoms with Crippen molar-refractivity contribution in [3.05, 3.63) is 52.7 Å². The number of aryl methyl sites for hydroxylation is 1. The van der Waals surface area contributed by atoms with Gasteiger partial charge in [-0.2, -0.15) is 31.1 Å². The first-order valence-corrected chi connectivity index (χ1v) is 14.6. The quantitative estimate of drug-likeness (QED) is 0.256. The molecule has 0 atom stereocenters. The molecule has 0 N–H and O–H groups in total. The van der Waals surface area contributed by atoms with Gasteiger partial charge in [0.05, 0.1) is 36.6 Å². The van der Waals surface area contributed by atoms with Crippen molar-refractivity contribution in [2.24, 2.45) is 13.0 Å². The van der Waals surface area contributed by atoms with Crippen LogP contribution in [0.1, 0.15) is 67.7 Å². The first kappa shape index (κ1) is 31.5. The van der Waals surface area contributed by atoms with Crippen LogP contribution in [0, 0.1) is 5.92 Å². The predicted octanol–water partition coefficient (Wildman–Crippen LogP) is 5.99. The number of tetrazole rings is 1. The molecule has 0 bridgehead atoms. The zero-order valence-electron chi connectivity index (χ0n) is 24.5. The van der Waals surface area contributed by atoms with Gasteiger partial charge in [-0.05, 0) is 67.1 Å². The molecular formula is C29H34F6N8O. The number of aromatic nitrogens is 5. The number of nitrogens with zero attached hydrogens (tertiary/aromatic N) is 8. The van der Waals surface area contributed by atoms with Gasteiger partial charge in [0, 0.05) is 38.2 Å². The van der Waals surface area contributed by atoms with Gasteiger partial charge in [0.25, 0.3) is 5.95 Å². The normalized spacial score (nSPS) is 16.3. The summed E-state index contributed by atoms with van der Waals surface area (Å²) in [5.74, 6) is 1.09. The molecule has 0 radical (unpaired) electrons. The third kappa shape index (κ3) is 7.24. The van der Waals surface area contributed by atoms with Crippen molar-refractivity contribution in [1.82, 2.24) is 25.2 Å². The number of amides is 1. The fourth-order valence-corrected chi connectivity index (χ4v) is 5.96. The second-order valence-corrected chi connectivity index (χ2v) is 11.4. The van der Waals surface area contributed by atoms with Crippen molar-refractivity contribution in [2.45, 2.75) is 70.9 Å². The van der Waals surface area contributed by atoms with E-state index in [0.717, 1.165) is 37.0 Å². The number of pyridine rings is 1. The van der Waals surface area contributed by atoms with Crippen LogP contribution in [0.4, 0.5) is 43.8 Å². The average molecular weight is 625 g/mol. The summed E-state index contributed by atoms with van der Waals surface area (Å²) in [7, 11) is 1.51. The molecule has 2 aliphatic rings. The van der Waals surface area contributed by atoms with Crippen LogP contribution < -0.4 is 14.7 Å². The van der Waals surface area contributed by atoms with Gasteiger partial charge in [0.15, 0.2) is 0 Å². The van der Waals surface area contributed by atoms with E-state index in [1.807, 2.05) is 13.0 Å². The molecule has 238 valence electrons. The third-order valence-electron chi connectivity index (χ3n) is 8.11. The summed E-state index contributed by atoms with van der Waals surface area (Å²) in [5, 5.41) is 12.1. The van der Waals surface area contributed by atoms with Crippen molar-refractivity contribution in [3.8, 4) is 0 Å². The highest BCUT2D eigenvalue weighted by Crippen LogP contribution is 2.37. The summed E-state index contributed by atoms with van der Waals surface area (Å²) < 4.78 is 81.9. The summed E-state index contributed by atoms with van der Waals surface area (Å²) in [6.45, 7) is 3.53. The molecule has 1 saturated heterocycles. The minimum atomic E-state index is -4.98. The smallest absolute Gasteiger partial charge is 0.356 e. The highest BCUT2D eigenvalue weighted by Gasteiger charge is 2.37. The first-order valence-electron chi connectivity index (χ1n) is 14.6. The van der Waals surface area contributed by atoms with E-state index in [1.165, 1.54) is 11.9 Å². The summed E-state index contributed by atoms with van der Waals surface area (Å²) in [6.07, 6.45) is -2.71. The molecule has 5 rings (SSSR count). The van der Waals surface area contributed by atoms with Gasteiger partial charge < -0.3 is 14.7 Å². The van der Waals surface area contributed by atoms with Gasteiger partial charge in [-0.1, -0.05) is 17.9 Å². The summed E-state index contributed by atoms with van der Waals surface area (Å²) >= 11 is 0. The Morgan fingerprint density at radius 1 is 0.932 bits per heavy atom. The maximum absolute atomic E-state index is 13.7. The van der Waals surface area contributed by atoms with E-state index in [2.05, 4.69) is 20.3 Å². The molecule has 3 heterocycles. The summed E-state index contributed by atoms with van der Waals surface area (Å²) in [4.78, 5) is 23.7. The van der Waals surface area contributed by atoms with Gasteiger partial charge in [0.1, 0.15) is 5.82 Å². The van der Waals surface area contributed by atoms with Crippen LogP contribution in [-0.2, 0) is 37.3 Å². The van der Waals surface area contributed by atoms with Crippen molar-refractivity contribution < 1.29 is 31.1 Å². The van der Waals surface area contributed by atoms with Crippen LogP contribution >= 0.6 is 0 Å². The fourth-order valence-electron chi connectivity index (χ4n) is 5.96. The monoisotopic (exact) mass is 624 g/mol. The number of alkyl halides is 6. The Bertz CT molecular complexity index is 1430. The topological polar surface area (TPSA) is 83.3 Å². The van der Waals surface area contributed by atoms with E-state index in [1.54, 1.807) is 11.1 Å². The molecule has 1 aliphatic heterocycles. The van der Waals surface area contributed by atoms with Gasteiger partial charge in [0.2, 0.25) is 5.91 Å². The predicted molar refractivity (Wildman–Crippen MR) is 151 cm³/mol. The molecule has 2 fully saturated rings. The van der Waals surface area contributed by atoms with Gasteiger partial charge in [-0.15, -0.1) is 5.10 Å². The third-order valence-corrected chi connectivity index (χ3v) is 8.11. The van der Waals surface area contributed by atoms with Crippen LogP contribution in [-0.4, -0.2) is 50.7 Å². The van der Waals surface area contributed by atoms with Gasteiger partial charge in [-0.3, -0.25) is 4.79 Å². The van der Waals surface area contributed by atoms with Crippen molar-refractivity contribution >= 4 is 23.4 Å². The number of rotatable bonds is 10. The summed E-state index contributed by atoms with van der Waals surface area (Å²) in [6, 6.07) is 3.33. The molecule has 0 unspecified atom stereocenters. The number of hydrogen-bond acceptors (Lipinski definition) is 7. The van der Waals surface area contributed by atoms with Gasteiger partial charge >= 0.3 is 12.4 Å². The molecule has 1 amide bonds. The number of carbonyl (C=O) groups is 1. The first-order chi connectivity index (χ1) is 20.8. The minimum absolute atomic E-state index is 0.0112. The maximum atomic E-state index is 13.7. The second kappa shape index (κ2) is 12.6. The van der Waals surface area contributed by atoms with Crippen LogP contribution in [0.15, 0.2) is 30.5 Å². The Labute approximate surface area is 250 Å². The zero-order valence-corrected chi connectivity index (χ0v) is 24.5. The zero-order chi connectivity index (χ0) is 31.6. The highest BCUT2D eigenvalue weighted by atomic mass is 19.4. The van der Waals surface area contributed by atoms with E-state index in [-0.39, 0.29) is 36.6 Å². The lowest BCUT2D eigenvalue weighted by Crippen LogP contribution is -2.32. The Hall–Kier alpha value is -3.91. The lowest BCUT2D eigenvalue weighted by molar-refractivity contribution is -0.143. The molecule has 3 aromatic rings. The number of halogens is 6. The van der Waals surface area contributed by atoms with Crippen LogP contribution in [0.5, 0.6) is 0 Å². The molecule has 15 heteroatoms. The number of carbonyl (C=O) groups excluding carboxylic acids is 1. The van der Waals surface area contributed by atoms with Crippen molar-refractivity contribution in [3.63, 3.8) is 0 Å². The van der Waals surface area contributed by atoms with E-state index in [4.69, 9.17) is 4.98 Å². The Morgan fingerprint density at radius 2 is 1.61 bits per heavy atom. The minimum Gasteiger partial charge on any atom is -0.356 e. The molecular weight excluding hydrogens is 590 g/mol. The van der Waals surface area contributed by atoms with Crippen LogP contribution in [0.3, 0.4) is 0 Å². The van der Waals surface area contributed by atoms with E-state index < -0.39 is 23.5 Å². The Kier molecular flexibility index (Phi) is 9.02. The molecule has 44 heavy (non-hydrogen) atoms. The molecule has 1 aliphatic carbocycles. The highest BCUT2D eigenvalue weighted by molar-refractivity contribution is 5.95. The van der Waals surface area contributed by atoms with Crippen molar-refractivity contribution in [1.29, 1.82) is 0 Å². The summed E-state index contributed by atoms with van der Waals surface area (Å²) in [5.41, 5.74) is -1.82. The van der Waals surface area contributed by atoms with E-state index in [0.29, 0.717) is 61.1 Å². The number of anilines is 3. The maximum Gasteiger partial charge on any atom is 0.416 e. The average Bonchev–Trinajstić information content (AvgIpc) is 3.73. The molecule has 2 aromatic heterocycles. The van der Waals surface area contributed by atoms with Crippen molar-refractivity contribution in [2.75, 3.05) is 34.3 Å². The Morgan fingerprint density at radius 3 is 2.16 bits per heavy atom. The Balaban J connectivity index is 1.56. The molecule has 1 aromatic carbocycles. The SMILES string of the molecule is CCN(CC1CCCC1)c1ncc(N2CCCC2=O)cc1CN(Cc1cc(C(F)(F)F)cc(C(F)(F)F)c1)c1nnn(C)n1.